The second kappa shape index (κ2) is 3.72. The van der Waals surface area contributed by atoms with Crippen molar-refractivity contribution < 1.29 is 0 Å². The van der Waals surface area contributed by atoms with Gasteiger partial charge in [-0.2, -0.15) is 0 Å². The summed E-state index contributed by atoms with van der Waals surface area (Å²) in [5.41, 5.74) is 0.601. The molecular formula is C9H12N2S. The summed E-state index contributed by atoms with van der Waals surface area (Å²) in [7, 11) is 0. The van der Waals surface area contributed by atoms with Crippen molar-refractivity contribution in [3.05, 3.63) is 23.1 Å². The summed E-state index contributed by atoms with van der Waals surface area (Å²) in [6.45, 7) is 4.23. The van der Waals surface area contributed by atoms with Gasteiger partial charge in [0.15, 0.2) is 0 Å². The van der Waals surface area contributed by atoms with Crippen LogP contribution in [0.2, 0.25) is 0 Å². The van der Waals surface area contributed by atoms with E-state index >= 15 is 0 Å². The zero-order valence-electron chi connectivity index (χ0n) is 7.22. The minimum absolute atomic E-state index is 0.295. The molecule has 0 saturated carbocycles. The highest BCUT2D eigenvalue weighted by atomic mass is 32.2. The molecule has 0 heterocycles. The number of hydrogen-bond donors (Lipinski definition) is 2. The van der Waals surface area contributed by atoms with Crippen LogP contribution in [0.15, 0.2) is 23.1 Å². The summed E-state index contributed by atoms with van der Waals surface area (Å²) in [5, 5.41) is 15.2. The molecule has 0 unspecified atom stereocenters. The normalized spacial score (nSPS) is 17.1. The molecule has 0 atom stereocenters. The SMILES string of the molecule is CC(C)SC1=CC(=N)C(=N)C=C1. The molecule has 12 heavy (non-hydrogen) atoms. The van der Waals surface area contributed by atoms with Crippen molar-refractivity contribution in [1.29, 1.82) is 10.8 Å². The first-order chi connectivity index (χ1) is 5.59. The molecule has 1 aliphatic rings. The number of nitrogens with one attached hydrogen (secondary N) is 2. The highest BCUT2D eigenvalue weighted by molar-refractivity contribution is 8.03. The summed E-state index contributed by atoms with van der Waals surface area (Å²) in [6, 6.07) is 0. The van der Waals surface area contributed by atoms with Gasteiger partial charge in [-0.05, 0) is 18.2 Å². The van der Waals surface area contributed by atoms with E-state index in [1.165, 1.54) is 0 Å². The maximum absolute atomic E-state index is 7.40. The van der Waals surface area contributed by atoms with E-state index in [9.17, 15) is 0 Å². The Morgan fingerprint density at radius 1 is 1.17 bits per heavy atom. The first kappa shape index (κ1) is 9.26. The molecule has 3 heteroatoms. The molecule has 1 rings (SSSR count). The fourth-order valence-corrected chi connectivity index (χ4v) is 1.75. The van der Waals surface area contributed by atoms with Crippen LogP contribution in [-0.2, 0) is 0 Å². The van der Waals surface area contributed by atoms with Gasteiger partial charge in [-0.3, -0.25) is 10.8 Å². The summed E-state index contributed by atoms with van der Waals surface area (Å²) < 4.78 is 0. The number of thioether (sulfide) groups is 1. The van der Waals surface area contributed by atoms with Crippen molar-refractivity contribution in [3.8, 4) is 0 Å². The van der Waals surface area contributed by atoms with Crippen molar-refractivity contribution in [2.75, 3.05) is 0 Å². The van der Waals surface area contributed by atoms with Gasteiger partial charge in [-0.25, -0.2) is 0 Å². The Kier molecular flexibility index (Phi) is 2.87. The summed E-state index contributed by atoms with van der Waals surface area (Å²) >= 11 is 1.72. The minimum atomic E-state index is 0.295. The zero-order chi connectivity index (χ0) is 9.14. The van der Waals surface area contributed by atoms with E-state index < -0.39 is 0 Å². The predicted molar refractivity (Wildman–Crippen MR) is 55.4 cm³/mol. The molecule has 0 amide bonds. The lowest BCUT2D eigenvalue weighted by Crippen LogP contribution is -2.09. The Bertz CT molecular complexity index is 274. The van der Waals surface area contributed by atoms with Gasteiger partial charge in [0.25, 0.3) is 0 Å². The van der Waals surface area contributed by atoms with Crippen LogP contribution in [-0.4, -0.2) is 16.7 Å². The summed E-state index contributed by atoms with van der Waals surface area (Å²) in [4.78, 5) is 1.08. The molecule has 0 aliphatic heterocycles. The van der Waals surface area contributed by atoms with Gasteiger partial charge in [-0.1, -0.05) is 13.8 Å². The van der Waals surface area contributed by atoms with E-state index in [-0.39, 0.29) is 0 Å². The zero-order valence-corrected chi connectivity index (χ0v) is 8.03. The van der Waals surface area contributed by atoms with Crippen LogP contribution < -0.4 is 0 Å². The third kappa shape index (κ3) is 2.34. The number of rotatable bonds is 2. The van der Waals surface area contributed by atoms with Crippen LogP contribution in [0.3, 0.4) is 0 Å². The molecule has 0 aromatic rings. The average molecular weight is 180 g/mol. The molecule has 0 radical (unpaired) electrons. The third-order valence-electron chi connectivity index (χ3n) is 1.36. The molecule has 0 saturated heterocycles. The molecule has 64 valence electrons. The largest absolute Gasteiger partial charge is 0.299 e. The number of allylic oxidation sites excluding steroid dienone is 3. The number of hydrogen-bond acceptors (Lipinski definition) is 3. The van der Waals surface area contributed by atoms with E-state index in [1.54, 1.807) is 23.9 Å². The summed E-state index contributed by atoms with van der Waals surface area (Å²) in [6.07, 6.45) is 5.31. The van der Waals surface area contributed by atoms with Crippen LogP contribution in [0.5, 0.6) is 0 Å². The quantitative estimate of drug-likeness (QED) is 0.630. The Morgan fingerprint density at radius 2 is 1.83 bits per heavy atom. The van der Waals surface area contributed by atoms with Gasteiger partial charge in [0.1, 0.15) is 0 Å². The topological polar surface area (TPSA) is 47.7 Å². The van der Waals surface area contributed by atoms with E-state index in [0.29, 0.717) is 16.7 Å². The van der Waals surface area contributed by atoms with Gasteiger partial charge in [0.05, 0.1) is 11.4 Å². The molecule has 0 fully saturated rings. The predicted octanol–water partition coefficient (Wildman–Crippen LogP) is 2.62. The molecule has 0 aromatic heterocycles. The van der Waals surface area contributed by atoms with Crippen molar-refractivity contribution in [3.63, 3.8) is 0 Å². The monoisotopic (exact) mass is 180 g/mol. The molecule has 0 bridgehead atoms. The Morgan fingerprint density at radius 3 is 2.33 bits per heavy atom. The second-order valence-corrected chi connectivity index (χ2v) is 4.52. The van der Waals surface area contributed by atoms with Crippen molar-refractivity contribution >= 4 is 23.2 Å². The summed E-state index contributed by atoms with van der Waals surface area (Å²) in [5.74, 6) is 0. The van der Waals surface area contributed by atoms with E-state index in [2.05, 4.69) is 13.8 Å². The van der Waals surface area contributed by atoms with Gasteiger partial charge >= 0.3 is 0 Å². The molecule has 2 nitrogen and oxygen atoms in total. The molecule has 0 spiro atoms. The van der Waals surface area contributed by atoms with Crippen LogP contribution in [0.25, 0.3) is 0 Å². The van der Waals surface area contributed by atoms with Crippen LogP contribution in [0, 0.1) is 10.8 Å². The lowest BCUT2D eigenvalue weighted by atomic mass is 10.1. The van der Waals surface area contributed by atoms with E-state index in [0.717, 1.165) is 4.91 Å². The standard InChI is InChI=1S/C9H12N2S/c1-6(2)12-7-3-4-8(10)9(11)5-7/h3-6,10-11H,1-2H3. The van der Waals surface area contributed by atoms with Crippen LogP contribution in [0.1, 0.15) is 13.8 Å². The van der Waals surface area contributed by atoms with Gasteiger partial charge in [-0.15, -0.1) is 11.8 Å². The highest BCUT2D eigenvalue weighted by Crippen LogP contribution is 2.24. The highest BCUT2D eigenvalue weighted by Gasteiger charge is 2.07. The molecular weight excluding hydrogens is 168 g/mol. The first-order valence-corrected chi connectivity index (χ1v) is 4.71. The van der Waals surface area contributed by atoms with Gasteiger partial charge in [0, 0.05) is 10.2 Å². The minimum Gasteiger partial charge on any atom is -0.299 e. The maximum Gasteiger partial charge on any atom is 0.0800 e. The lowest BCUT2D eigenvalue weighted by molar-refractivity contribution is 1.12. The van der Waals surface area contributed by atoms with E-state index in [1.807, 2.05) is 6.08 Å². The molecule has 0 aromatic carbocycles. The Balaban J connectivity index is 2.70. The Hall–Kier alpha value is -0.830. The van der Waals surface area contributed by atoms with Crippen LogP contribution >= 0.6 is 11.8 Å². The molecule has 2 N–H and O–H groups in total. The Labute approximate surface area is 76.8 Å². The van der Waals surface area contributed by atoms with Crippen molar-refractivity contribution in [1.82, 2.24) is 0 Å². The van der Waals surface area contributed by atoms with Crippen molar-refractivity contribution in [2.45, 2.75) is 19.1 Å². The first-order valence-electron chi connectivity index (χ1n) is 3.83. The lowest BCUT2D eigenvalue weighted by Gasteiger charge is -2.09. The van der Waals surface area contributed by atoms with E-state index in [4.69, 9.17) is 10.8 Å². The molecule has 1 aliphatic carbocycles. The second-order valence-electron chi connectivity index (χ2n) is 2.87. The van der Waals surface area contributed by atoms with Gasteiger partial charge in [0.2, 0.25) is 0 Å². The average Bonchev–Trinajstić information content (AvgIpc) is 1.96. The van der Waals surface area contributed by atoms with Crippen molar-refractivity contribution in [2.24, 2.45) is 0 Å². The fraction of sp³-hybridized carbons (Fsp3) is 0.333. The smallest absolute Gasteiger partial charge is 0.0800 e. The fourth-order valence-electron chi connectivity index (χ4n) is 0.869. The maximum atomic E-state index is 7.40. The van der Waals surface area contributed by atoms with Gasteiger partial charge < -0.3 is 0 Å². The third-order valence-corrected chi connectivity index (χ3v) is 2.36. The van der Waals surface area contributed by atoms with Crippen LogP contribution in [0.4, 0.5) is 0 Å².